The molecule has 0 spiro atoms. The van der Waals surface area contributed by atoms with E-state index < -0.39 is 11.7 Å². The van der Waals surface area contributed by atoms with Gasteiger partial charge in [0.15, 0.2) is 0 Å². The molecule has 3 aromatic carbocycles. The van der Waals surface area contributed by atoms with E-state index in [0.717, 1.165) is 57.7 Å². The Bertz CT molecular complexity index is 1260. The average Bonchev–Trinajstić information content (AvgIpc) is 2.98. The average molecular weight is 552 g/mol. The maximum atomic E-state index is 13.2. The van der Waals surface area contributed by atoms with Crippen molar-refractivity contribution in [1.29, 1.82) is 0 Å². The topological polar surface area (TPSA) is 67.6 Å². The zero-order chi connectivity index (χ0) is 28.1. The Balaban J connectivity index is 1.03. The number of carbonyl (C=O) groups excluding carboxylic acids is 1. The van der Waals surface area contributed by atoms with Crippen LogP contribution < -0.4 is 11.1 Å². The Morgan fingerprint density at radius 2 is 1.52 bits per heavy atom. The predicted octanol–water partition coefficient (Wildman–Crippen LogP) is 7.10. The molecule has 0 aromatic heterocycles. The Hall–Kier alpha value is -3.52. The molecule has 1 aliphatic carbocycles. The van der Waals surface area contributed by atoms with Crippen LogP contribution in [0, 0.1) is 0 Å². The summed E-state index contributed by atoms with van der Waals surface area (Å²) in [5, 5.41) is 3.20. The summed E-state index contributed by atoms with van der Waals surface area (Å²) in [5.41, 5.74) is 8.55. The molecule has 0 atom stereocenters. The van der Waals surface area contributed by atoms with E-state index in [4.69, 9.17) is 10.5 Å². The molecule has 1 heterocycles. The number of nitrogens with two attached hydrogens (primary N) is 1. The first-order valence-electron chi connectivity index (χ1n) is 14.0. The van der Waals surface area contributed by atoms with Crippen molar-refractivity contribution < 1.29 is 22.7 Å². The summed E-state index contributed by atoms with van der Waals surface area (Å²) in [5.74, 6) is 0.477. The van der Waals surface area contributed by atoms with Crippen LogP contribution in [0.2, 0.25) is 0 Å². The quantitative estimate of drug-likeness (QED) is 0.308. The molecule has 8 heteroatoms. The second-order valence-corrected chi connectivity index (χ2v) is 10.9. The third kappa shape index (κ3) is 6.97. The van der Waals surface area contributed by atoms with E-state index in [-0.39, 0.29) is 30.3 Å². The van der Waals surface area contributed by atoms with Crippen molar-refractivity contribution in [3.63, 3.8) is 0 Å². The van der Waals surface area contributed by atoms with Crippen molar-refractivity contribution in [3.05, 3.63) is 83.9 Å². The van der Waals surface area contributed by atoms with Gasteiger partial charge in [-0.25, -0.2) is 0 Å². The number of rotatable bonds is 7. The first-order chi connectivity index (χ1) is 19.3. The lowest BCUT2D eigenvalue weighted by molar-refractivity contribution is -0.140. The summed E-state index contributed by atoms with van der Waals surface area (Å²) < 4.78 is 45.4. The minimum atomic E-state index is -4.48. The van der Waals surface area contributed by atoms with E-state index in [1.165, 1.54) is 22.8 Å². The molecular formula is C32H36F3N3O2. The van der Waals surface area contributed by atoms with Crippen LogP contribution in [0.5, 0.6) is 0 Å². The number of halogens is 3. The van der Waals surface area contributed by atoms with Crippen LogP contribution in [0.4, 0.5) is 24.5 Å². The third-order valence-electron chi connectivity index (χ3n) is 8.18. The molecule has 0 bridgehead atoms. The number of ether oxygens (including phenoxy) is 1. The fourth-order valence-electron chi connectivity index (χ4n) is 5.82. The summed E-state index contributed by atoms with van der Waals surface area (Å²) >= 11 is 0. The van der Waals surface area contributed by atoms with Crippen LogP contribution in [0.3, 0.4) is 0 Å². The molecule has 1 saturated carbocycles. The van der Waals surface area contributed by atoms with Gasteiger partial charge in [0.25, 0.3) is 0 Å². The number of anilines is 2. The first-order valence-corrected chi connectivity index (χ1v) is 14.0. The zero-order valence-corrected chi connectivity index (χ0v) is 22.5. The Morgan fingerprint density at radius 3 is 2.17 bits per heavy atom. The summed E-state index contributed by atoms with van der Waals surface area (Å²) in [6.45, 7) is 1.53. The van der Waals surface area contributed by atoms with Crippen molar-refractivity contribution in [2.75, 3.05) is 30.7 Å². The van der Waals surface area contributed by atoms with Crippen molar-refractivity contribution in [1.82, 2.24) is 4.90 Å². The Morgan fingerprint density at radius 1 is 0.875 bits per heavy atom. The first kappa shape index (κ1) is 28.0. The van der Waals surface area contributed by atoms with Crippen molar-refractivity contribution in [2.24, 2.45) is 0 Å². The van der Waals surface area contributed by atoms with E-state index >= 15 is 0 Å². The smallest absolute Gasteiger partial charge is 0.398 e. The molecule has 0 unspecified atom stereocenters. The van der Waals surface area contributed by atoms with E-state index in [1.54, 1.807) is 6.07 Å². The SMILES string of the molecule is Nc1ccc(NC2CCC(OCC(=O)N3CCC(c4ccc(-c5ccccc5)cc4)CC3)CC2)cc1C(F)(F)F. The molecule has 3 aromatic rings. The lowest BCUT2D eigenvalue weighted by Gasteiger charge is -2.33. The number of hydrogen-bond acceptors (Lipinski definition) is 4. The molecule has 1 aliphatic heterocycles. The number of hydrogen-bond donors (Lipinski definition) is 2. The lowest BCUT2D eigenvalue weighted by atomic mass is 9.88. The molecule has 1 saturated heterocycles. The highest BCUT2D eigenvalue weighted by molar-refractivity contribution is 5.77. The fourth-order valence-corrected chi connectivity index (χ4v) is 5.82. The molecule has 3 N–H and O–H groups in total. The van der Waals surface area contributed by atoms with E-state index in [1.807, 2.05) is 23.1 Å². The lowest BCUT2D eigenvalue weighted by Crippen LogP contribution is -2.41. The number of carbonyl (C=O) groups is 1. The number of nitrogen functional groups attached to an aromatic ring is 1. The molecule has 5 rings (SSSR count). The van der Waals surface area contributed by atoms with Gasteiger partial charge in [0.1, 0.15) is 6.61 Å². The Kier molecular flexibility index (Phi) is 8.64. The second kappa shape index (κ2) is 12.3. The molecule has 40 heavy (non-hydrogen) atoms. The fraction of sp³-hybridized carbons (Fsp3) is 0.406. The summed E-state index contributed by atoms with van der Waals surface area (Å²) in [4.78, 5) is 14.7. The highest BCUT2D eigenvalue weighted by Gasteiger charge is 2.33. The van der Waals surface area contributed by atoms with Crippen LogP contribution in [-0.4, -0.2) is 42.6 Å². The van der Waals surface area contributed by atoms with Gasteiger partial charge in [-0.1, -0.05) is 54.6 Å². The van der Waals surface area contributed by atoms with Gasteiger partial charge in [-0.15, -0.1) is 0 Å². The van der Waals surface area contributed by atoms with Crippen molar-refractivity contribution in [3.8, 4) is 11.1 Å². The second-order valence-electron chi connectivity index (χ2n) is 10.9. The maximum absolute atomic E-state index is 13.2. The van der Waals surface area contributed by atoms with Gasteiger partial charge in [0.2, 0.25) is 5.91 Å². The molecule has 5 nitrogen and oxygen atoms in total. The maximum Gasteiger partial charge on any atom is 0.418 e. The van der Waals surface area contributed by atoms with Gasteiger partial charge in [-0.3, -0.25) is 4.79 Å². The number of amides is 1. The molecular weight excluding hydrogens is 515 g/mol. The van der Waals surface area contributed by atoms with Gasteiger partial charge in [0, 0.05) is 30.5 Å². The molecule has 2 fully saturated rings. The predicted molar refractivity (Wildman–Crippen MR) is 152 cm³/mol. The number of benzene rings is 3. The number of nitrogens with zero attached hydrogens (tertiary/aromatic N) is 1. The van der Waals surface area contributed by atoms with E-state index in [0.29, 0.717) is 11.6 Å². The minimum Gasteiger partial charge on any atom is -0.398 e. The van der Waals surface area contributed by atoms with Gasteiger partial charge in [0.05, 0.1) is 11.7 Å². The van der Waals surface area contributed by atoms with Gasteiger partial charge in [-0.05, 0) is 79.3 Å². The van der Waals surface area contributed by atoms with Crippen LogP contribution in [0.15, 0.2) is 72.8 Å². The van der Waals surface area contributed by atoms with Gasteiger partial charge in [-0.2, -0.15) is 13.2 Å². The van der Waals surface area contributed by atoms with E-state index in [9.17, 15) is 18.0 Å². The van der Waals surface area contributed by atoms with E-state index in [2.05, 4.69) is 41.7 Å². The summed E-state index contributed by atoms with van der Waals surface area (Å²) in [6.07, 6.45) is 0.421. The third-order valence-corrected chi connectivity index (χ3v) is 8.18. The minimum absolute atomic E-state index is 0.0141. The van der Waals surface area contributed by atoms with Gasteiger partial charge >= 0.3 is 6.18 Å². The number of nitrogens with one attached hydrogen (secondary N) is 1. The molecule has 0 radical (unpaired) electrons. The zero-order valence-electron chi connectivity index (χ0n) is 22.5. The highest BCUT2D eigenvalue weighted by Crippen LogP contribution is 2.36. The summed E-state index contributed by atoms with van der Waals surface area (Å²) in [7, 11) is 0. The highest BCUT2D eigenvalue weighted by atomic mass is 19.4. The normalized spacial score (nSPS) is 20.3. The van der Waals surface area contributed by atoms with Crippen LogP contribution >= 0.6 is 0 Å². The van der Waals surface area contributed by atoms with Crippen molar-refractivity contribution in [2.45, 2.75) is 62.8 Å². The van der Waals surface area contributed by atoms with Crippen molar-refractivity contribution >= 4 is 17.3 Å². The number of piperidine rings is 1. The molecule has 2 aliphatic rings. The van der Waals surface area contributed by atoms with Gasteiger partial charge < -0.3 is 20.7 Å². The largest absolute Gasteiger partial charge is 0.418 e. The standard InChI is InChI=1S/C32H36F3N3O2/c33-32(34,35)29-20-27(12-15-30(29)36)37-26-10-13-28(14-11-26)40-21-31(39)38-18-16-25(17-19-38)24-8-6-23(7-9-24)22-4-2-1-3-5-22/h1-9,12,15,20,25-26,28,37H,10-11,13-14,16-19,21,36H2. The molecule has 1 amide bonds. The Labute approximate surface area is 233 Å². The molecule has 212 valence electrons. The summed E-state index contributed by atoms with van der Waals surface area (Å²) in [6, 6.07) is 23.1. The van der Waals surface area contributed by atoms with Crippen LogP contribution in [0.25, 0.3) is 11.1 Å². The number of alkyl halides is 3. The monoisotopic (exact) mass is 551 g/mol. The number of likely N-dealkylation sites (tertiary alicyclic amines) is 1. The van der Waals surface area contributed by atoms with Crippen LogP contribution in [-0.2, 0) is 15.7 Å². The van der Waals surface area contributed by atoms with Crippen LogP contribution in [0.1, 0.15) is 55.6 Å².